The van der Waals surface area contributed by atoms with Gasteiger partial charge in [0.1, 0.15) is 0 Å². The van der Waals surface area contributed by atoms with Crippen LogP contribution in [0.25, 0.3) is 0 Å². The molecule has 0 spiro atoms. The third kappa shape index (κ3) is 2.60. The van der Waals surface area contributed by atoms with Gasteiger partial charge in [0.25, 0.3) is 0 Å². The van der Waals surface area contributed by atoms with E-state index >= 15 is 0 Å². The van der Waals surface area contributed by atoms with Gasteiger partial charge in [-0.15, -0.1) is 0 Å². The van der Waals surface area contributed by atoms with Crippen molar-refractivity contribution in [2.24, 2.45) is 0 Å². The third-order valence-corrected chi connectivity index (χ3v) is 3.28. The third-order valence-electron chi connectivity index (χ3n) is 3.05. The zero-order valence-electron chi connectivity index (χ0n) is 9.42. The van der Waals surface area contributed by atoms with Crippen molar-refractivity contribution >= 4 is 23.0 Å². The van der Waals surface area contributed by atoms with Gasteiger partial charge >= 0.3 is 0 Å². The number of rotatable bonds is 2. The molecule has 0 bridgehead atoms. The Balaban J connectivity index is 2.13. The van der Waals surface area contributed by atoms with Crippen molar-refractivity contribution in [3.05, 3.63) is 23.2 Å². The van der Waals surface area contributed by atoms with Crippen LogP contribution in [0.1, 0.15) is 19.8 Å². The lowest BCUT2D eigenvalue weighted by molar-refractivity contribution is 0.0658. The fourth-order valence-electron chi connectivity index (χ4n) is 1.92. The molecule has 1 fully saturated rings. The summed E-state index contributed by atoms with van der Waals surface area (Å²) in [5, 5.41) is 4.16. The van der Waals surface area contributed by atoms with E-state index in [1.807, 2.05) is 12.1 Å². The van der Waals surface area contributed by atoms with Gasteiger partial charge in [0.15, 0.2) is 0 Å². The van der Waals surface area contributed by atoms with Crippen LogP contribution in [0.2, 0.25) is 5.02 Å². The lowest BCUT2D eigenvalue weighted by atomic mass is 9.92. The summed E-state index contributed by atoms with van der Waals surface area (Å²) in [5.74, 6) is 0. The Morgan fingerprint density at radius 1 is 1.38 bits per heavy atom. The predicted octanol–water partition coefficient (Wildman–Crippen LogP) is 2.90. The summed E-state index contributed by atoms with van der Waals surface area (Å²) in [7, 11) is 0. The van der Waals surface area contributed by atoms with E-state index < -0.39 is 0 Å². The Bertz CT molecular complexity index is 375. The standard InChI is InChI=1S/C12H17ClN2O/c1-12(4-6-16-7-5-12)15-11-3-2-9(13)8-10(11)14/h2-3,8,15H,4-7,14H2,1H3. The number of anilines is 2. The number of halogens is 1. The molecular weight excluding hydrogens is 224 g/mol. The monoisotopic (exact) mass is 240 g/mol. The smallest absolute Gasteiger partial charge is 0.0579 e. The maximum atomic E-state index is 5.92. The van der Waals surface area contributed by atoms with Gasteiger partial charge in [0.05, 0.1) is 11.4 Å². The SMILES string of the molecule is CC1(Nc2ccc(Cl)cc2N)CCOCC1. The van der Waals surface area contributed by atoms with E-state index in [0.717, 1.165) is 31.7 Å². The zero-order chi connectivity index (χ0) is 11.6. The summed E-state index contributed by atoms with van der Waals surface area (Å²) in [6, 6.07) is 5.55. The van der Waals surface area contributed by atoms with Gasteiger partial charge in [-0.05, 0) is 38.0 Å². The first-order valence-electron chi connectivity index (χ1n) is 5.50. The molecule has 0 unspecified atom stereocenters. The van der Waals surface area contributed by atoms with Crippen molar-refractivity contribution < 1.29 is 4.74 Å². The number of hydrogen-bond acceptors (Lipinski definition) is 3. The van der Waals surface area contributed by atoms with Crippen LogP contribution in [0.3, 0.4) is 0 Å². The highest BCUT2D eigenvalue weighted by Crippen LogP contribution is 2.30. The van der Waals surface area contributed by atoms with Gasteiger partial charge in [-0.2, -0.15) is 0 Å². The summed E-state index contributed by atoms with van der Waals surface area (Å²) >= 11 is 5.87. The molecule has 3 nitrogen and oxygen atoms in total. The molecule has 88 valence electrons. The molecule has 1 aromatic rings. The Morgan fingerprint density at radius 2 is 2.06 bits per heavy atom. The summed E-state index contributed by atoms with van der Waals surface area (Å²) in [4.78, 5) is 0. The quantitative estimate of drug-likeness (QED) is 0.782. The zero-order valence-corrected chi connectivity index (χ0v) is 10.2. The number of nitrogens with one attached hydrogen (secondary N) is 1. The van der Waals surface area contributed by atoms with Crippen LogP contribution in [0.15, 0.2) is 18.2 Å². The van der Waals surface area contributed by atoms with Crippen LogP contribution in [0, 0.1) is 0 Å². The molecule has 1 aromatic carbocycles. The first kappa shape index (κ1) is 11.6. The minimum atomic E-state index is 0.0696. The topological polar surface area (TPSA) is 47.3 Å². The van der Waals surface area contributed by atoms with E-state index in [9.17, 15) is 0 Å². The molecule has 1 aliphatic heterocycles. The molecule has 0 atom stereocenters. The molecular formula is C12H17ClN2O. The average molecular weight is 241 g/mol. The van der Waals surface area contributed by atoms with Crippen molar-refractivity contribution in [1.29, 1.82) is 0 Å². The van der Waals surface area contributed by atoms with Crippen LogP contribution >= 0.6 is 11.6 Å². The van der Waals surface area contributed by atoms with Crippen LogP contribution < -0.4 is 11.1 Å². The normalized spacial score (nSPS) is 19.4. The van der Waals surface area contributed by atoms with Gasteiger partial charge in [0, 0.05) is 23.8 Å². The second-order valence-corrected chi connectivity index (χ2v) is 4.97. The van der Waals surface area contributed by atoms with E-state index in [4.69, 9.17) is 22.1 Å². The lowest BCUT2D eigenvalue weighted by Gasteiger charge is -2.35. The fourth-order valence-corrected chi connectivity index (χ4v) is 2.10. The van der Waals surface area contributed by atoms with E-state index in [1.165, 1.54) is 0 Å². The number of hydrogen-bond donors (Lipinski definition) is 2. The summed E-state index contributed by atoms with van der Waals surface area (Å²) in [5.41, 5.74) is 7.64. The van der Waals surface area contributed by atoms with Crippen molar-refractivity contribution in [3.63, 3.8) is 0 Å². The van der Waals surface area contributed by atoms with E-state index in [-0.39, 0.29) is 5.54 Å². The Labute approximate surface area is 101 Å². The second-order valence-electron chi connectivity index (χ2n) is 4.53. The number of ether oxygens (including phenoxy) is 1. The Morgan fingerprint density at radius 3 is 2.69 bits per heavy atom. The average Bonchev–Trinajstić information content (AvgIpc) is 2.23. The molecule has 0 aromatic heterocycles. The molecule has 4 heteroatoms. The lowest BCUT2D eigenvalue weighted by Crippen LogP contribution is -2.40. The van der Waals surface area contributed by atoms with Crippen LogP contribution in [-0.2, 0) is 4.74 Å². The molecule has 16 heavy (non-hydrogen) atoms. The summed E-state index contributed by atoms with van der Waals surface area (Å²) in [6.45, 7) is 3.80. The van der Waals surface area contributed by atoms with E-state index in [0.29, 0.717) is 10.7 Å². The first-order valence-corrected chi connectivity index (χ1v) is 5.88. The molecule has 3 N–H and O–H groups in total. The number of benzene rings is 1. The number of nitrogen functional groups attached to an aromatic ring is 1. The molecule has 1 saturated heterocycles. The highest BCUT2D eigenvalue weighted by Gasteiger charge is 2.27. The first-order chi connectivity index (χ1) is 7.59. The van der Waals surface area contributed by atoms with Crippen LogP contribution in [-0.4, -0.2) is 18.8 Å². The molecule has 1 heterocycles. The van der Waals surface area contributed by atoms with Gasteiger partial charge in [-0.1, -0.05) is 11.6 Å². The maximum Gasteiger partial charge on any atom is 0.0579 e. The van der Waals surface area contributed by atoms with Crippen molar-refractivity contribution in [3.8, 4) is 0 Å². The molecule has 0 amide bonds. The maximum absolute atomic E-state index is 5.92. The molecule has 2 rings (SSSR count). The molecule has 0 radical (unpaired) electrons. The Kier molecular flexibility index (Phi) is 3.26. The molecule has 1 aliphatic rings. The second kappa shape index (κ2) is 4.52. The Hall–Kier alpha value is -0.930. The minimum absolute atomic E-state index is 0.0696. The largest absolute Gasteiger partial charge is 0.397 e. The van der Waals surface area contributed by atoms with Crippen LogP contribution in [0.5, 0.6) is 0 Å². The summed E-state index contributed by atoms with van der Waals surface area (Å²) in [6.07, 6.45) is 1.99. The summed E-state index contributed by atoms with van der Waals surface area (Å²) < 4.78 is 5.36. The van der Waals surface area contributed by atoms with Gasteiger partial charge < -0.3 is 15.8 Å². The minimum Gasteiger partial charge on any atom is -0.397 e. The van der Waals surface area contributed by atoms with Crippen molar-refractivity contribution in [2.75, 3.05) is 24.3 Å². The van der Waals surface area contributed by atoms with Gasteiger partial charge in [-0.3, -0.25) is 0 Å². The van der Waals surface area contributed by atoms with Crippen molar-refractivity contribution in [2.45, 2.75) is 25.3 Å². The predicted molar refractivity (Wildman–Crippen MR) is 67.9 cm³/mol. The van der Waals surface area contributed by atoms with Gasteiger partial charge in [-0.25, -0.2) is 0 Å². The van der Waals surface area contributed by atoms with Gasteiger partial charge in [0.2, 0.25) is 0 Å². The fraction of sp³-hybridized carbons (Fsp3) is 0.500. The van der Waals surface area contributed by atoms with E-state index in [2.05, 4.69) is 12.2 Å². The van der Waals surface area contributed by atoms with E-state index in [1.54, 1.807) is 6.07 Å². The highest BCUT2D eigenvalue weighted by atomic mass is 35.5. The highest BCUT2D eigenvalue weighted by molar-refractivity contribution is 6.31. The molecule has 0 aliphatic carbocycles. The van der Waals surface area contributed by atoms with Crippen LogP contribution in [0.4, 0.5) is 11.4 Å². The number of nitrogens with two attached hydrogens (primary N) is 1. The van der Waals surface area contributed by atoms with Crippen molar-refractivity contribution in [1.82, 2.24) is 0 Å². The molecule has 0 saturated carbocycles.